The number of phenolic OH excluding ortho intramolecular Hbond substituents is 1. The fourth-order valence-corrected chi connectivity index (χ4v) is 1.09. The second-order valence-electron chi connectivity index (χ2n) is 2.68. The molecule has 68 valence electrons. The van der Waals surface area contributed by atoms with E-state index in [2.05, 4.69) is 0 Å². The maximum Gasteiger partial charge on any atom is 0.134 e. The predicted octanol–water partition coefficient (Wildman–Crippen LogP) is 1.96. The molecule has 0 saturated carbocycles. The summed E-state index contributed by atoms with van der Waals surface area (Å²) in [4.78, 5) is 0. The Morgan fingerprint density at radius 2 is 2.31 bits per heavy atom. The van der Waals surface area contributed by atoms with Crippen molar-refractivity contribution in [2.45, 2.75) is 12.5 Å². The van der Waals surface area contributed by atoms with Crippen molar-refractivity contribution in [2.24, 2.45) is 5.73 Å². The van der Waals surface area contributed by atoms with Gasteiger partial charge in [-0.2, -0.15) is 5.26 Å². The van der Waals surface area contributed by atoms with E-state index in [-0.39, 0.29) is 23.2 Å². The van der Waals surface area contributed by atoms with Gasteiger partial charge in [-0.1, -0.05) is 17.7 Å². The highest BCUT2D eigenvalue weighted by atomic mass is 35.5. The van der Waals surface area contributed by atoms with Crippen molar-refractivity contribution in [3.63, 3.8) is 0 Å². The molecule has 0 spiro atoms. The van der Waals surface area contributed by atoms with E-state index in [1.54, 1.807) is 12.1 Å². The maximum absolute atomic E-state index is 9.25. The first-order valence-electron chi connectivity index (χ1n) is 3.76. The molecule has 0 aromatic heterocycles. The topological polar surface area (TPSA) is 70.0 Å². The van der Waals surface area contributed by atoms with E-state index in [0.29, 0.717) is 5.56 Å². The summed E-state index contributed by atoms with van der Waals surface area (Å²) in [5.74, 6) is -0.00689. The first kappa shape index (κ1) is 9.85. The van der Waals surface area contributed by atoms with Crippen molar-refractivity contribution in [1.29, 1.82) is 5.26 Å². The van der Waals surface area contributed by atoms with Gasteiger partial charge in [-0.25, -0.2) is 0 Å². The van der Waals surface area contributed by atoms with Crippen molar-refractivity contribution in [1.82, 2.24) is 0 Å². The molecule has 0 saturated heterocycles. The summed E-state index contributed by atoms with van der Waals surface area (Å²) in [7, 11) is 0. The minimum absolute atomic E-state index is 0.00689. The quantitative estimate of drug-likeness (QED) is 0.760. The summed E-state index contributed by atoms with van der Waals surface area (Å²) in [5.41, 5.74) is 6.36. The van der Waals surface area contributed by atoms with Gasteiger partial charge in [0.1, 0.15) is 5.75 Å². The van der Waals surface area contributed by atoms with Crippen molar-refractivity contribution in [3.8, 4) is 11.8 Å². The van der Waals surface area contributed by atoms with Crippen LogP contribution in [0, 0.1) is 11.3 Å². The summed E-state index contributed by atoms with van der Waals surface area (Å²) < 4.78 is 0. The number of aromatic hydroxyl groups is 1. The Kier molecular flexibility index (Phi) is 3.13. The highest BCUT2D eigenvalue weighted by Crippen LogP contribution is 2.26. The van der Waals surface area contributed by atoms with Gasteiger partial charge in [0.2, 0.25) is 0 Å². The Morgan fingerprint density at radius 3 is 2.85 bits per heavy atom. The molecule has 4 heteroatoms. The number of phenols is 1. The summed E-state index contributed by atoms with van der Waals surface area (Å²) in [5, 5.41) is 17.9. The first-order valence-corrected chi connectivity index (χ1v) is 4.14. The molecule has 3 N–H and O–H groups in total. The molecule has 0 bridgehead atoms. The maximum atomic E-state index is 9.25. The molecule has 0 fully saturated rings. The Hall–Kier alpha value is -1.24. The lowest BCUT2D eigenvalue weighted by atomic mass is 10.1. The Bertz CT molecular complexity index is 346. The fourth-order valence-electron chi connectivity index (χ4n) is 0.977. The number of rotatable bonds is 2. The monoisotopic (exact) mass is 196 g/mol. The minimum atomic E-state index is -0.367. The van der Waals surface area contributed by atoms with E-state index in [0.717, 1.165) is 0 Å². The van der Waals surface area contributed by atoms with E-state index in [1.807, 2.05) is 6.07 Å². The number of halogens is 1. The summed E-state index contributed by atoms with van der Waals surface area (Å²) >= 11 is 5.61. The van der Waals surface area contributed by atoms with Gasteiger partial charge >= 0.3 is 0 Å². The average molecular weight is 197 g/mol. The third kappa shape index (κ3) is 2.35. The first-order chi connectivity index (χ1) is 6.15. The summed E-state index contributed by atoms with van der Waals surface area (Å²) in [6.07, 6.45) is 0.223. The van der Waals surface area contributed by atoms with Crippen molar-refractivity contribution < 1.29 is 5.11 Å². The number of nitrogens with zero attached hydrogens (tertiary/aromatic N) is 1. The van der Waals surface area contributed by atoms with Crippen LogP contribution >= 0.6 is 11.6 Å². The smallest absolute Gasteiger partial charge is 0.134 e. The van der Waals surface area contributed by atoms with E-state index in [9.17, 15) is 5.11 Å². The van der Waals surface area contributed by atoms with Crippen LogP contribution in [0.25, 0.3) is 0 Å². The molecule has 1 unspecified atom stereocenters. The molecule has 3 nitrogen and oxygen atoms in total. The zero-order valence-corrected chi connectivity index (χ0v) is 7.62. The highest BCUT2D eigenvalue weighted by Gasteiger charge is 2.07. The summed E-state index contributed by atoms with van der Waals surface area (Å²) in [6.45, 7) is 0. The second-order valence-corrected chi connectivity index (χ2v) is 3.09. The Morgan fingerprint density at radius 1 is 1.62 bits per heavy atom. The molecular formula is C9H9ClN2O. The molecule has 0 amide bonds. The third-order valence-corrected chi connectivity index (χ3v) is 2.03. The van der Waals surface area contributed by atoms with Crippen molar-refractivity contribution >= 4 is 11.6 Å². The molecule has 1 rings (SSSR count). The van der Waals surface area contributed by atoms with Crippen LogP contribution in [-0.2, 0) is 0 Å². The van der Waals surface area contributed by atoms with Gasteiger partial charge in [0, 0.05) is 6.04 Å². The van der Waals surface area contributed by atoms with Gasteiger partial charge in [0.25, 0.3) is 0 Å². The van der Waals surface area contributed by atoms with Crippen LogP contribution in [0.3, 0.4) is 0 Å². The molecule has 0 aliphatic rings. The van der Waals surface area contributed by atoms with Gasteiger partial charge in [-0.15, -0.1) is 0 Å². The summed E-state index contributed by atoms with van der Waals surface area (Å²) in [6, 6.07) is 6.33. The highest BCUT2D eigenvalue weighted by molar-refractivity contribution is 6.32. The molecule has 0 aliphatic carbocycles. The Balaban J connectivity index is 2.91. The second kappa shape index (κ2) is 4.13. The molecule has 0 radical (unpaired) electrons. The van der Waals surface area contributed by atoms with Crippen LogP contribution < -0.4 is 5.73 Å². The number of benzene rings is 1. The Labute approximate surface area is 81.4 Å². The van der Waals surface area contributed by atoms with Gasteiger partial charge in [-0.3, -0.25) is 0 Å². The SMILES string of the molecule is N#CCC(N)c1ccc(Cl)c(O)c1. The van der Waals surface area contributed by atoms with Crippen LogP contribution in [0.15, 0.2) is 18.2 Å². The van der Waals surface area contributed by atoms with E-state index in [4.69, 9.17) is 22.6 Å². The number of nitrogens with two attached hydrogens (primary N) is 1. The van der Waals surface area contributed by atoms with Gasteiger partial charge < -0.3 is 10.8 Å². The molecular weight excluding hydrogens is 188 g/mol. The minimum Gasteiger partial charge on any atom is -0.506 e. The van der Waals surface area contributed by atoms with Crippen LogP contribution in [0.2, 0.25) is 5.02 Å². The van der Waals surface area contributed by atoms with Crippen LogP contribution in [0.5, 0.6) is 5.75 Å². The zero-order valence-electron chi connectivity index (χ0n) is 6.87. The van der Waals surface area contributed by atoms with E-state index >= 15 is 0 Å². The lowest BCUT2D eigenvalue weighted by Crippen LogP contribution is -2.08. The zero-order chi connectivity index (χ0) is 9.84. The van der Waals surface area contributed by atoms with E-state index in [1.165, 1.54) is 6.07 Å². The predicted molar refractivity (Wildman–Crippen MR) is 50.3 cm³/mol. The molecule has 1 atom stereocenters. The van der Waals surface area contributed by atoms with Crippen LogP contribution in [0.4, 0.5) is 0 Å². The van der Waals surface area contributed by atoms with Gasteiger partial charge in [0.15, 0.2) is 0 Å². The molecule has 1 aromatic carbocycles. The number of nitriles is 1. The van der Waals surface area contributed by atoms with Gasteiger partial charge in [0.05, 0.1) is 17.5 Å². The largest absolute Gasteiger partial charge is 0.506 e. The lowest BCUT2D eigenvalue weighted by Gasteiger charge is -2.08. The molecule has 0 aliphatic heterocycles. The van der Waals surface area contributed by atoms with Crippen LogP contribution in [0.1, 0.15) is 18.0 Å². The van der Waals surface area contributed by atoms with Crippen molar-refractivity contribution in [2.75, 3.05) is 0 Å². The molecule has 0 heterocycles. The molecule has 1 aromatic rings. The standard InChI is InChI=1S/C9H9ClN2O/c10-7-2-1-6(5-9(7)13)8(12)3-4-11/h1-2,5,8,13H,3,12H2. The van der Waals surface area contributed by atoms with E-state index < -0.39 is 0 Å². The molecule has 13 heavy (non-hydrogen) atoms. The average Bonchev–Trinajstić information content (AvgIpc) is 2.10. The fraction of sp³-hybridized carbons (Fsp3) is 0.222. The lowest BCUT2D eigenvalue weighted by molar-refractivity contribution is 0.474. The third-order valence-electron chi connectivity index (χ3n) is 1.71. The van der Waals surface area contributed by atoms with Crippen molar-refractivity contribution in [3.05, 3.63) is 28.8 Å². The van der Waals surface area contributed by atoms with Crippen LogP contribution in [-0.4, -0.2) is 5.11 Å². The number of hydrogen-bond acceptors (Lipinski definition) is 3. The van der Waals surface area contributed by atoms with Gasteiger partial charge in [-0.05, 0) is 17.7 Å². The number of hydrogen-bond donors (Lipinski definition) is 2. The normalized spacial score (nSPS) is 12.1.